The third kappa shape index (κ3) is 10.5. The first-order valence-corrected chi connectivity index (χ1v) is 8.49. The van der Waals surface area contributed by atoms with Crippen LogP contribution in [0.3, 0.4) is 0 Å². The summed E-state index contributed by atoms with van der Waals surface area (Å²) in [5.74, 6) is 1.22. The van der Waals surface area contributed by atoms with Gasteiger partial charge in [0.1, 0.15) is 0 Å². The second kappa shape index (κ2) is 14.1. The Bertz CT molecular complexity index is 513. The molecule has 25 heavy (non-hydrogen) atoms. The summed E-state index contributed by atoms with van der Waals surface area (Å²) < 4.78 is 24.2. The van der Waals surface area contributed by atoms with E-state index < -0.39 is 0 Å². The van der Waals surface area contributed by atoms with Crippen LogP contribution in [0.2, 0.25) is 0 Å². The van der Waals surface area contributed by atoms with Crippen LogP contribution in [-0.4, -0.2) is 39.4 Å². The van der Waals surface area contributed by atoms with Crippen LogP contribution in [0.15, 0.2) is 23.2 Å². The van der Waals surface area contributed by atoms with Crippen molar-refractivity contribution < 1.29 is 13.9 Å². The molecule has 0 saturated heterocycles. The molecule has 1 rings (SSSR count). The fourth-order valence-corrected chi connectivity index (χ4v) is 1.98. The summed E-state index contributed by atoms with van der Waals surface area (Å²) in [6.07, 6.45) is 1.07. The molecule has 0 aliphatic rings. The number of ether oxygens (including phenoxy) is 2. The lowest BCUT2D eigenvalue weighted by molar-refractivity contribution is 0.128. The lowest BCUT2D eigenvalue weighted by Gasteiger charge is -2.12. The molecule has 0 amide bonds. The predicted octanol–water partition coefficient (Wildman–Crippen LogP) is 3.57. The molecule has 5 nitrogen and oxygen atoms in total. The zero-order chi connectivity index (χ0) is 17.8. The standard InChI is InChI=1S/C18H30FN3O2.HI/c1-5-20-18(21-9-11-24-10-8-14(2)3)22-13-15-6-7-17(23-4)16(19)12-15;/h6-7,12,14H,5,8-11,13H2,1-4H3,(H2,20,21,22);1H. The molecule has 7 heteroatoms. The van der Waals surface area contributed by atoms with Crippen LogP contribution >= 0.6 is 24.0 Å². The summed E-state index contributed by atoms with van der Waals surface area (Å²) in [6.45, 7) is 9.61. The summed E-state index contributed by atoms with van der Waals surface area (Å²) in [5.41, 5.74) is 0.790. The highest BCUT2D eigenvalue weighted by Gasteiger charge is 2.04. The molecule has 2 N–H and O–H groups in total. The molecular weight excluding hydrogens is 436 g/mol. The molecule has 0 bridgehead atoms. The lowest BCUT2D eigenvalue weighted by Crippen LogP contribution is -2.39. The van der Waals surface area contributed by atoms with E-state index in [2.05, 4.69) is 29.5 Å². The van der Waals surface area contributed by atoms with Crippen LogP contribution < -0.4 is 15.4 Å². The number of halogens is 2. The number of methoxy groups -OCH3 is 1. The summed E-state index contributed by atoms with van der Waals surface area (Å²) in [5, 5.41) is 6.38. The molecule has 0 atom stereocenters. The Balaban J connectivity index is 0.00000576. The summed E-state index contributed by atoms with van der Waals surface area (Å²) in [7, 11) is 1.45. The van der Waals surface area contributed by atoms with Crippen molar-refractivity contribution in [1.82, 2.24) is 10.6 Å². The summed E-state index contributed by atoms with van der Waals surface area (Å²) in [4.78, 5) is 4.46. The molecule has 0 aliphatic heterocycles. The smallest absolute Gasteiger partial charge is 0.191 e. The van der Waals surface area contributed by atoms with Crippen molar-refractivity contribution in [3.05, 3.63) is 29.6 Å². The zero-order valence-electron chi connectivity index (χ0n) is 15.6. The van der Waals surface area contributed by atoms with Crippen molar-refractivity contribution in [1.29, 1.82) is 0 Å². The molecule has 144 valence electrons. The number of nitrogens with zero attached hydrogens (tertiary/aromatic N) is 1. The van der Waals surface area contributed by atoms with Crippen molar-refractivity contribution in [2.45, 2.75) is 33.7 Å². The average molecular weight is 467 g/mol. The van der Waals surface area contributed by atoms with E-state index in [9.17, 15) is 4.39 Å². The van der Waals surface area contributed by atoms with Gasteiger partial charge in [0.2, 0.25) is 0 Å². The number of guanidine groups is 1. The van der Waals surface area contributed by atoms with Gasteiger partial charge in [0.15, 0.2) is 17.5 Å². The molecule has 0 aliphatic carbocycles. The van der Waals surface area contributed by atoms with E-state index in [1.54, 1.807) is 6.07 Å². The summed E-state index contributed by atoms with van der Waals surface area (Å²) in [6, 6.07) is 4.87. The van der Waals surface area contributed by atoms with Gasteiger partial charge >= 0.3 is 0 Å². The van der Waals surface area contributed by atoms with Crippen LogP contribution in [-0.2, 0) is 11.3 Å². The van der Waals surface area contributed by atoms with Gasteiger partial charge in [0, 0.05) is 19.7 Å². The molecule has 1 aromatic carbocycles. The van der Waals surface area contributed by atoms with E-state index in [0.717, 1.165) is 25.1 Å². The van der Waals surface area contributed by atoms with Gasteiger partial charge in [-0.3, -0.25) is 0 Å². The Morgan fingerprint density at radius 3 is 2.60 bits per heavy atom. The minimum Gasteiger partial charge on any atom is -0.494 e. The van der Waals surface area contributed by atoms with E-state index in [-0.39, 0.29) is 35.5 Å². The monoisotopic (exact) mass is 467 g/mol. The first-order chi connectivity index (χ1) is 11.6. The predicted molar refractivity (Wildman–Crippen MR) is 111 cm³/mol. The van der Waals surface area contributed by atoms with Crippen LogP contribution in [0.1, 0.15) is 32.8 Å². The van der Waals surface area contributed by atoms with Gasteiger partial charge in [0.25, 0.3) is 0 Å². The van der Waals surface area contributed by atoms with Gasteiger partial charge in [0.05, 0.1) is 20.3 Å². The normalized spacial score (nSPS) is 11.2. The maximum atomic E-state index is 13.7. The SMILES string of the molecule is CCNC(=NCc1ccc(OC)c(F)c1)NCCOCCC(C)C.I. The van der Waals surface area contributed by atoms with Gasteiger partial charge in [-0.15, -0.1) is 24.0 Å². The minimum absolute atomic E-state index is 0. The lowest BCUT2D eigenvalue weighted by atomic mass is 10.1. The average Bonchev–Trinajstić information content (AvgIpc) is 2.55. The highest BCUT2D eigenvalue weighted by atomic mass is 127. The molecule has 0 radical (unpaired) electrons. The number of rotatable bonds is 10. The van der Waals surface area contributed by atoms with E-state index in [1.165, 1.54) is 13.2 Å². The third-order valence-electron chi connectivity index (χ3n) is 3.36. The molecule has 0 spiro atoms. The van der Waals surface area contributed by atoms with Gasteiger partial charge in [-0.2, -0.15) is 0 Å². The van der Waals surface area contributed by atoms with E-state index >= 15 is 0 Å². The minimum atomic E-state index is -0.373. The number of nitrogens with one attached hydrogen (secondary N) is 2. The van der Waals surface area contributed by atoms with E-state index in [0.29, 0.717) is 31.6 Å². The Labute approximate surface area is 167 Å². The van der Waals surface area contributed by atoms with E-state index in [1.807, 2.05) is 13.0 Å². The maximum Gasteiger partial charge on any atom is 0.191 e. The fourth-order valence-electron chi connectivity index (χ4n) is 1.98. The van der Waals surface area contributed by atoms with Crippen molar-refractivity contribution in [3.8, 4) is 5.75 Å². The van der Waals surface area contributed by atoms with Crippen LogP contribution in [0.4, 0.5) is 4.39 Å². The molecule has 0 fully saturated rings. The Kier molecular flexibility index (Phi) is 13.5. The molecule has 0 aromatic heterocycles. The summed E-state index contributed by atoms with van der Waals surface area (Å²) >= 11 is 0. The maximum absolute atomic E-state index is 13.7. The molecule has 0 unspecified atom stereocenters. The molecular formula is C18H31FIN3O2. The van der Waals surface area contributed by atoms with Crippen molar-refractivity contribution in [3.63, 3.8) is 0 Å². The first-order valence-electron chi connectivity index (χ1n) is 8.49. The zero-order valence-corrected chi connectivity index (χ0v) is 17.9. The molecule has 0 heterocycles. The topological polar surface area (TPSA) is 54.9 Å². The quantitative estimate of drug-likeness (QED) is 0.239. The first kappa shape index (κ1) is 23.9. The second-order valence-electron chi connectivity index (χ2n) is 5.89. The van der Waals surface area contributed by atoms with Gasteiger partial charge in [-0.1, -0.05) is 19.9 Å². The van der Waals surface area contributed by atoms with Crippen LogP contribution in [0, 0.1) is 11.7 Å². The second-order valence-corrected chi connectivity index (χ2v) is 5.89. The highest BCUT2D eigenvalue weighted by molar-refractivity contribution is 14.0. The largest absolute Gasteiger partial charge is 0.494 e. The molecule has 1 aromatic rings. The van der Waals surface area contributed by atoms with Crippen molar-refractivity contribution in [2.75, 3.05) is 33.4 Å². The van der Waals surface area contributed by atoms with Crippen molar-refractivity contribution in [2.24, 2.45) is 10.9 Å². The Morgan fingerprint density at radius 1 is 1.24 bits per heavy atom. The Morgan fingerprint density at radius 2 is 2.00 bits per heavy atom. The van der Waals surface area contributed by atoms with Gasteiger partial charge in [-0.05, 0) is 37.0 Å². The number of hydrogen-bond acceptors (Lipinski definition) is 3. The number of aliphatic imine (C=N–C) groups is 1. The van der Waals surface area contributed by atoms with Gasteiger partial charge in [-0.25, -0.2) is 9.38 Å². The van der Waals surface area contributed by atoms with Crippen molar-refractivity contribution >= 4 is 29.9 Å². The highest BCUT2D eigenvalue weighted by Crippen LogP contribution is 2.17. The van der Waals surface area contributed by atoms with Crippen LogP contribution in [0.5, 0.6) is 5.75 Å². The number of benzene rings is 1. The Hall–Kier alpha value is -1.09. The number of hydrogen-bond donors (Lipinski definition) is 2. The van der Waals surface area contributed by atoms with Gasteiger partial charge < -0.3 is 20.1 Å². The fraction of sp³-hybridized carbons (Fsp3) is 0.611. The van der Waals surface area contributed by atoms with E-state index in [4.69, 9.17) is 9.47 Å². The third-order valence-corrected chi connectivity index (χ3v) is 3.36. The van der Waals surface area contributed by atoms with Crippen LogP contribution in [0.25, 0.3) is 0 Å². The molecule has 0 saturated carbocycles.